The highest BCUT2D eigenvalue weighted by Gasteiger charge is 2.12. The normalized spacial score (nSPS) is 12.7. The van der Waals surface area contributed by atoms with Crippen LogP contribution in [-0.2, 0) is 6.54 Å². The molecular weight excluding hydrogens is 214 g/mol. The Labute approximate surface area is 101 Å². The van der Waals surface area contributed by atoms with Crippen molar-refractivity contribution in [1.82, 2.24) is 20.0 Å². The molecule has 2 aromatic heterocycles. The zero-order valence-electron chi connectivity index (χ0n) is 10.8. The van der Waals surface area contributed by atoms with Gasteiger partial charge in [-0.3, -0.25) is 9.78 Å². The van der Waals surface area contributed by atoms with Gasteiger partial charge in [0, 0.05) is 18.3 Å². The lowest BCUT2D eigenvalue weighted by atomic mass is 10.1. The fraction of sp³-hybridized carbons (Fsp3) is 0.500. The fourth-order valence-electron chi connectivity index (χ4n) is 1.84. The van der Waals surface area contributed by atoms with Crippen LogP contribution in [0.1, 0.15) is 36.8 Å². The van der Waals surface area contributed by atoms with E-state index < -0.39 is 0 Å². The molecule has 0 fully saturated rings. The second-order valence-electron chi connectivity index (χ2n) is 4.30. The standard InChI is InChI=1S/C12H19N5/c1-5-17-7-11(6-13-17)8(2)14-12-9(3)15-16-10(12)4/h6-8,14H,5H2,1-4H3,(H,15,16). The molecule has 1 atom stereocenters. The van der Waals surface area contributed by atoms with Crippen molar-refractivity contribution in [2.45, 2.75) is 40.3 Å². The monoisotopic (exact) mass is 233 g/mol. The van der Waals surface area contributed by atoms with Crippen LogP contribution in [-0.4, -0.2) is 20.0 Å². The highest BCUT2D eigenvalue weighted by Crippen LogP contribution is 2.23. The maximum atomic E-state index is 4.28. The molecule has 0 aliphatic rings. The summed E-state index contributed by atoms with van der Waals surface area (Å²) in [5.74, 6) is 0. The topological polar surface area (TPSA) is 58.5 Å². The lowest BCUT2D eigenvalue weighted by Gasteiger charge is -2.13. The third-order valence-corrected chi connectivity index (χ3v) is 2.97. The lowest BCUT2D eigenvalue weighted by molar-refractivity contribution is 0.658. The summed E-state index contributed by atoms with van der Waals surface area (Å²) in [6, 6.07) is 0.227. The van der Waals surface area contributed by atoms with Crippen molar-refractivity contribution in [2.75, 3.05) is 5.32 Å². The number of aryl methyl sites for hydroxylation is 3. The SMILES string of the molecule is CCn1cc(C(C)Nc2c(C)n[nH]c2C)cn1. The molecule has 0 amide bonds. The number of hydrogen-bond donors (Lipinski definition) is 2. The fourth-order valence-corrected chi connectivity index (χ4v) is 1.84. The van der Waals surface area contributed by atoms with Crippen molar-refractivity contribution < 1.29 is 0 Å². The van der Waals surface area contributed by atoms with E-state index in [0.717, 1.165) is 23.6 Å². The molecule has 92 valence electrons. The number of rotatable bonds is 4. The molecule has 0 saturated carbocycles. The number of nitrogens with one attached hydrogen (secondary N) is 2. The van der Waals surface area contributed by atoms with Gasteiger partial charge in [0.15, 0.2) is 0 Å². The summed E-state index contributed by atoms with van der Waals surface area (Å²) in [7, 11) is 0. The van der Waals surface area contributed by atoms with Crippen LogP contribution in [0, 0.1) is 13.8 Å². The summed E-state index contributed by atoms with van der Waals surface area (Å²) in [6.07, 6.45) is 3.98. The number of H-pyrrole nitrogens is 1. The van der Waals surface area contributed by atoms with Crippen LogP contribution in [0.5, 0.6) is 0 Å². The van der Waals surface area contributed by atoms with Crippen LogP contribution in [0.4, 0.5) is 5.69 Å². The van der Waals surface area contributed by atoms with Gasteiger partial charge in [-0.15, -0.1) is 0 Å². The van der Waals surface area contributed by atoms with Gasteiger partial charge in [-0.2, -0.15) is 10.2 Å². The van der Waals surface area contributed by atoms with Crippen molar-refractivity contribution in [3.63, 3.8) is 0 Å². The molecular formula is C12H19N5. The molecule has 0 saturated heterocycles. The molecule has 2 heterocycles. The van der Waals surface area contributed by atoms with E-state index in [9.17, 15) is 0 Å². The predicted octanol–water partition coefficient (Wildman–Crippen LogP) is 2.42. The van der Waals surface area contributed by atoms with Crippen molar-refractivity contribution in [3.8, 4) is 0 Å². The summed E-state index contributed by atoms with van der Waals surface area (Å²) in [5.41, 5.74) is 4.34. The molecule has 0 bridgehead atoms. The molecule has 5 heteroatoms. The van der Waals surface area contributed by atoms with E-state index in [1.54, 1.807) is 0 Å². The van der Waals surface area contributed by atoms with Gasteiger partial charge in [0.05, 0.1) is 29.3 Å². The highest BCUT2D eigenvalue weighted by atomic mass is 15.3. The first-order chi connectivity index (χ1) is 8.11. The predicted molar refractivity (Wildman–Crippen MR) is 68.0 cm³/mol. The molecule has 17 heavy (non-hydrogen) atoms. The molecule has 0 aliphatic carbocycles. The molecule has 0 aromatic carbocycles. The quantitative estimate of drug-likeness (QED) is 0.852. The summed E-state index contributed by atoms with van der Waals surface area (Å²) in [5, 5.41) is 14.9. The van der Waals surface area contributed by atoms with Gasteiger partial charge >= 0.3 is 0 Å². The minimum Gasteiger partial charge on any atom is -0.375 e. The van der Waals surface area contributed by atoms with Gasteiger partial charge in [0.1, 0.15) is 0 Å². The number of anilines is 1. The summed E-state index contributed by atoms with van der Waals surface area (Å²) >= 11 is 0. The van der Waals surface area contributed by atoms with Gasteiger partial charge in [-0.25, -0.2) is 0 Å². The molecule has 1 unspecified atom stereocenters. The van der Waals surface area contributed by atoms with Crippen molar-refractivity contribution in [1.29, 1.82) is 0 Å². The van der Waals surface area contributed by atoms with Gasteiger partial charge in [-0.05, 0) is 27.7 Å². The molecule has 0 radical (unpaired) electrons. The van der Waals surface area contributed by atoms with Crippen LogP contribution in [0.15, 0.2) is 12.4 Å². The van der Waals surface area contributed by atoms with Crippen LogP contribution < -0.4 is 5.32 Å². The Balaban J connectivity index is 2.14. The van der Waals surface area contributed by atoms with E-state index in [2.05, 4.69) is 40.7 Å². The third kappa shape index (κ3) is 2.33. The van der Waals surface area contributed by atoms with E-state index in [4.69, 9.17) is 0 Å². The van der Waals surface area contributed by atoms with Crippen LogP contribution in [0.25, 0.3) is 0 Å². The Hall–Kier alpha value is -1.78. The average Bonchev–Trinajstić information content (AvgIpc) is 2.90. The van der Waals surface area contributed by atoms with Crippen LogP contribution in [0.3, 0.4) is 0 Å². The molecule has 2 aromatic rings. The van der Waals surface area contributed by atoms with E-state index in [1.165, 1.54) is 5.56 Å². The smallest absolute Gasteiger partial charge is 0.0825 e. The summed E-state index contributed by atoms with van der Waals surface area (Å²) < 4.78 is 1.93. The third-order valence-electron chi connectivity index (χ3n) is 2.97. The Morgan fingerprint density at radius 1 is 1.47 bits per heavy atom. The zero-order chi connectivity index (χ0) is 12.4. The second kappa shape index (κ2) is 4.61. The Morgan fingerprint density at radius 3 is 2.76 bits per heavy atom. The van der Waals surface area contributed by atoms with E-state index >= 15 is 0 Å². The van der Waals surface area contributed by atoms with Gasteiger partial charge in [-0.1, -0.05) is 0 Å². The van der Waals surface area contributed by atoms with Crippen LogP contribution in [0.2, 0.25) is 0 Å². The molecule has 0 spiro atoms. The van der Waals surface area contributed by atoms with Crippen molar-refractivity contribution in [3.05, 3.63) is 29.3 Å². The largest absolute Gasteiger partial charge is 0.375 e. The first-order valence-corrected chi connectivity index (χ1v) is 5.92. The van der Waals surface area contributed by atoms with Crippen LogP contribution >= 0.6 is 0 Å². The van der Waals surface area contributed by atoms with Gasteiger partial charge in [0.2, 0.25) is 0 Å². The maximum Gasteiger partial charge on any atom is 0.0825 e. The van der Waals surface area contributed by atoms with Gasteiger partial charge in [0.25, 0.3) is 0 Å². The number of aromatic amines is 1. The van der Waals surface area contributed by atoms with E-state index in [0.29, 0.717) is 0 Å². The van der Waals surface area contributed by atoms with E-state index in [-0.39, 0.29) is 6.04 Å². The molecule has 0 aliphatic heterocycles. The second-order valence-corrected chi connectivity index (χ2v) is 4.30. The highest BCUT2D eigenvalue weighted by molar-refractivity contribution is 5.52. The minimum atomic E-state index is 0.227. The van der Waals surface area contributed by atoms with Crippen molar-refractivity contribution in [2.24, 2.45) is 0 Å². The molecule has 2 N–H and O–H groups in total. The number of aromatic nitrogens is 4. The zero-order valence-corrected chi connectivity index (χ0v) is 10.8. The lowest BCUT2D eigenvalue weighted by Crippen LogP contribution is -2.07. The molecule has 5 nitrogen and oxygen atoms in total. The average molecular weight is 233 g/mol. The Kier molecular flexibility index (Phi) is 3.17. The summed E-state index contributed by atoms with van der Waals surface area (Å²) in [4.78, 5) is 0. The Morgan fingerprint density at radius 2 is 2.24 bits per heavy atom. The number of nitrogens with zero attached hydrogens (tertiary/aromatic N) is 3. The maximum absolute atomic E-state index is 4.28. The summed E-state index contributed by atoms with van der Waals surface area (Å²) in [6.45, 7) is 9.12. The van der Waals surface area contributed by atoms with Gasteiger partial charge < -0.3 is 5.32 Å². The Bertz CT molecular complexity index is 477. The van der Waals surface area contributed by atoms with E-state index in [1.807, 2.05) is 24.7 Å². The minimum absolute atomic E-state index is 0.227. The first-order valence-electron chi connectivity index (χ1n) is 5.92. The number of hydrogen-bond acceptors (Lipinski definition) is 3. The molecule has 2 rings (SSSR count). The van der Waals surface area contributed by atoms with Crippen molar-refractivity contribution >= 4 is 5.69 Å². The first kappa shape index (κ1) is 11.7.